The number of likely N-dealkylation sites (tertiary alicyclic amines) is 1. The van der Waals surface area contributed by atoms with Crippen LogP contribution in [0.15, 0.2) is 18.2 Å². The van der Waals surface area contributed by atoms with Crippen molar-refractivity contribution in [3.05, 3.63) is 23.8 Å². The van der Waals surface area contributed by atoms with Crippen molar-refractivity contribution < 1.29 is 14.3 Å². The molecule has 2 aliphatic heterocycles. The van der Waals surface area contributed by atoms with Crippen LogP contribution in [0.4, 0.5) is 0 Å². The summed E-state index contributed by atoms with van der Waals surface area (Å²) in [5, 5.41) is 0. The zero-order chi connectivity index (χ0) is 17.6. The maximum absolute atomic E-state index is 13.0. The topological polar surface area (TPSA) is 42.0 Å². The molecule has 0 spiro atoms. The molecule has 3 rings (SSSR count). The van der Waals surface area contributed by atoms with E-state index in [4.69, 9.17) is 15.9 Å². The van der Waals surface area contributed by atoms with Crippen LogP contribution in [0, 0.1) is 18.3 Å². The van der Waals surface area contributed by atoms with Crippen molar-refractivity contribution in [2.75, 3.05) is 39.4 Å². The first kappa shape index (κ1) is 17.6. The summed E-state index contributed by atoms with van der Waals surface area (Å²) < 4.78 is 11.4. The minimum absolute atomic E-state index is 0.0886. The lowest BCUT2D eigenvalue weighted by atomic mass is 9.95. The van der Waals surface area contributed by atoms with Crippen molar-refractivity contribution in [3.63, 3.8) is 0 Å². The minimum Gasteiger partial charge on any atom is -0.486 e. The Kier molecular flexibility index (Phi) is 5.83. The minimum atomic E-state index is 0.0886. The van der Waals surface area contributed by atoms with Gasteiger partial charge in [0.1, 0.15) is 13.2 Å². The van der Waals surface area contributed by atoms with E-state index in [9.17, 15) is 4.79 Å². The number of terminal acetylenes is 1. The third-order valence-electron chi connectivity index (χ3n) is 4.95. The number of nitrogens with zero attached hydrogens (tertiary/aromatic N) is 2. The largest absolute Gasteiger partial charge is 0.486 e. The number of benzene rings is 1. The van der Waals surface area contributed by atoms with Crippen molar-refractivity contribution >= 4 is 5.91 Å². The van der Waals surface area contributed by atoms with Gasteiger partial charge in [-0.2, -0.15) is 0 Å². The molecule has 0 radical (unpaired) electrons. The standard InChI is InChI=1S/C20H26N2O3/c1-3-10-21-11-8-16(9-12-21)20(23)22(4-2)15-17-6-5-7-18-19(17)25-14-13-24-18/h1,5-7,16H,4,8-15H2,2H3. The van der Waals surface area contributed by atoms with Crippen LogP contribution < -0.4 is 9.47 Å². The molecule has 1 fully saturated rings. The molecule has 134 valence electrons. The van der Waals surface area contributed by atoms with Crippen molar-refractivity contribution in [3.8, 4) is 23.8 Å². The molecule has 5 heteroatoms. The second-order valence-electron chi connectivity index (χ2n) is 6.55. The van der Waals surface area contributed by atoms with Gasteiger partial charge < -0.3 is 14.4 Å². The number of hydrogen-bond acceptors (Lipinski definition) is 4. The van der Waals surface area contributed by atoms with E-state index in [1.807, 2.05) is 30.0 Å². The Morgan fingerprint density at radius 3 is 2.80 bits per heavy atom. The number of para-hydroxylation sites is 1. The zero-order valence-electron chi connectivity index (χ0n) is 14.9. The quantitative estimate of drug-likeness (QED) is 0.769. The molecule has 0 saturated carbocycles. The Morgan fingerprint density at radius 2 is 2.08 bits per heavy atom. The van der Waals surface area contributed by atoms with Gasteiger partial charge in [-0.1, -0.05) is 18.1 Å². The normalized spacial score (nSPS) is 17.8. The van der Waals surface area contributed by atoms with Crippen LogP contribution in [-0.2, 0) is 11.3 Å². The average molecular weight is 342 g/mol. The van der Waals surface area contributed by atoms with Crippen molar-refractivity contribution in [1.82, 2.24) is 9.80 Å². The third kappa shape index (κ3) is 4.08. The smallest absolute Gasteiger partial charge is 0.226 e. The van der Waals surface area contributed by atoms with Gasteiger partial charge in [0.15, 0.2) is 11.5 Å². The Balaban J connectivity index is 1.65. The van der Waals surface area contributed by atoms with E-state index in [1.165, 1.54) is 0 Å². The van der Waals surface area contributed by atoms with E-state index >= 15 is 0 Å². The van der Waals surface area contributed by atoms with E-state index in [-0.39, 0.29) is 11.8 Å². The first-order valence-corrected chi connectivity index (χ1v) is 9.05. The molecule has 0 aliphatic carbocycles. The van der Waals surface area contributed by atoms with Crippen molar-refractivity contribution in [2.45, 2.75) is 26.3 Å². The Bertz CT molecular complexity index is 645. The van der Waals surface area contributed by atoms with Gasteiger partial charge in [0.2, 0.25) is 5.91 Å². The van der Waals surface area contributed by atoms with Gasteiger partial charge in [0.25, 0.3) is 0 Å². The lowest BCUT2D eigenvalue weighted by molar-refractivity contribution is -0.137. The highest BCUT2D eigenvalue weighted by Crippen LogP contribution is 2.34. The highest BCUT2D eigenvalue weighted by Gasteiger charge is 2.28. The fraction of sp³-hybridized carbons (Fsp3) is 0.550. The van der Waals surface area contributed by atoms with Gasteiger partial charge in [-0.3, -0.25) is 9.69 Å². The molecule has 1 aromatic carbocycles. The third-order valence-corrected chi connectivity index (χ3v) is 4.95. The fourth-order valence-corrected chi connectivity index (χ4v) is 3.54. The lowest BCUT2D eigenvalue weighted by Gasteiger charge is -2.33. The molecule has 0 atom stereocenters. The first-order valence-electron chi connectivity index (χ1n) is 9.05. The number of hydrogen-bond donors (Lipinski definition) is 0. The lowest BCUT2D eigenvalue weighted by Crippen LogP contribution is -2.42. The van der Waals surface area contributed by atoms with Gasteiger partial charge in [-0.05, 0) is 38.9 Å². The Morgan fingerprint density at radius 1 is 1.32 bits per heavy atom. The van der Waals surface area contributed by atoms with E-state index in [0.717, 1.165) is 43.0 Å². The van der Waals surface area contributed by atoms with Gasteiger partial charge in [0, 0.05) is 24.6 Å². The summed E-state index contributed by atoms with van der Waals surface area (Å²) in [4.78, 5) is 17.1. The number of carbonyl (C=O) groups excluding carboxylic acids is 1. The van der Waals surface area contributed by atoms with Crippen molar-refractivity contribution in [1.29, 1.82) is 0 Å². The average Bonchev–Trinajstić information content (AvgIpc) is 2.66. The van der Waals surface area contributed by atoms with E-state index in [0.29, 0.717) is 32.8 Å². The maximum atomic E-state index is 13.0. The summed E-state index contributed by atoms with van der Waals surface area (Å²) >= 11 is 0. The number of piperidine rings is 1. The van der Waals surface area contributed by atoms with Crippen molar-refractivity contribution in [2.24, 2.45) is 5.92 Å². The van der Waals surface area contributed by atoms with Crippen LogP contribution in [0.5, 0.6) is 11.5 Å². The molecule has 2 heterocycles. The second kappa shape index (κ2) is 8.26. The summed E-state index contributed by atoms with van der Waals surface area (Å²) in [7, 11) is 0. The highest BCUT2D eigenvalue weighted by atomic mass is 16.6. The number of fused-ring (bicyclic) bond motifs is 1. The first-order chi connectivity index (χ1) is 12.2. The summed E-state index contributed by atoms with van der Waals surface area (Å²) in [6, 6.07) is 5.88. The number of rotatable bonds is 5. The summed E-state index contributed by atoms with van der Waals surface area (Å²) in [5.74, 6) is 4.56. The second-order valence-corrected chi connectivity index (χ2v) is 6.55. The molecule has 25 heavy (non-hydrogen) atoms. The summed E-state index contributed by atoms with van der Waals surface area (Å²) in [6.45, 7) is 6.87. The van der Waals surface area contributed by atoms with E-state index in [2.05, 4.69) is 10.8 Å². The van der Waals surface area contributed by atoms with Crippen LogP contribution in [0.25, 0.3) is 0 Å². The Hall–Kier alpha value is -2.19. The number of ether oxygens (including phenoxy) is 2. The number of amides is 1. The molecule has 5 nitrogen and oxygen atoms in total. The van der Waals surface area contributed by atoms with Crippen LogP contribution >= 0.6 is 0 Å². The van der Waals surface area contributed by atoms with E-state index in [1.54, 1.807) is 0 Å². The van der Waals surface area contributed by atoms with Crippen LogP contribution in [0.2, 0.25) is 0 Å². The van der Waals surface area contributed by atoms with Gasteiger partial charge in [-0.25, -0.2) is 0 Å². The highest BCUT2D eigenvalue weighted by molar-refractivity contribution is 5.79. The summed E-state index contributed by atoms with van der Waals surface area (Å²) in [6.07, 6.45) is 7.13. The molecule has 0 unspecified atom stereocenters. The van der Waals surface area contributed by atoms with Gasteiger partial charge in [-0.15, -0.1) is 6.42 Å². The molecule has 2 aliphatic rings. The molecular formula is C20H26N2O3. The Labute approximate surface area is 149 Å². The predicted octanol–water partition coefficient (Wildman–Crippen LogP) is 2.15. The van der Waals surface area contributed by atoms with Crippen LogP contribution in [-0.4, -0.2) is 55.1 Å². The molecular weight excluding hydrogens is 316 g/mol. The maximum Gasteiger partial charge on any atom is 0.226 e. The number of carbonyl (C=O) groups is 1. The summed E-state index contributed by atoms with van der Waals surface area (Å²) in [5.41, 5.74) is 1.01. The van der Waals surface area contributed by atoms with Gasteiger partial charge >= 0.3 is 0 Å². The monoisotopic (exact) mass is 342 g/mol. The molecule has 0 bridgehead atoms. The van der Waals surface area contributed by atoms with E-state index < -0.39 is 0 Å². The molecule has 0 N–H and O–H groups in total. The SMILES string of the molecule is C#CCN1CCC(C(=O)N(CC)Cc2cccc3c2OCCO3)CC1. The zero-order valence-corrected chi connectivity index (χ0v) is 14.9. The van der Waals surface area contributed by atoms with Gasteiger partial charge in [0.05, 0.1) is 6.54 Å². The molecule has 1 saturated heterocycles. The fourth-order valence-electron chi connectivity index (χ4n) is 3.54. The molecule has 1 aromatic rings. The molecule has 1 amide bonds. The van der Waals surface area contributed by atoms with Crippen LogP contribution in [0.1, 0.15) is 25.3 Å². The van der Waals surface area contributed by atoms with Crippen LogP contribution in [0.3, 0.4) is 0 Å². The molecule has 0 aromatic heterocycles. The predicted molar refractivity (Wildman–Crippen MR) is 96.5 cm³/mol.